The standard InChI is InChI=1S/C27H30N4O4/c1-18-7-9-23(16-19(18)2)35-22-11-14-30(15-12-22)27(32)21-8-10-25(26(17-21)31(33)34)29-20(3)24-6-4-5-13-28-24/h4-10,13,16-17,20,22,29H,11-12,14-15H2,1-3H3. The molecule has 4 rings (SSSR count). The fourth-order valence-electron chi connectivity index (χ4n) is 4.22. The number of aromatic nitrogens is 1. The molecule has 1 amide bonds. The van der Waals surface area contributed by atoms with Gasteiger partial charge in [-0.3, -0.25) is 19.9 Å². The van der Waals surface area contributed by atoms with E-state index in [-0.39, 0.29) is 23.7 Å². The Hall–Kier alpha value is -3.94. The number of amides is 1. The molecule has 35 heavy (non-hydrogen) atoms. The maximum Gasteiger partial charge on any atom is 0.293 e. The molecule has 3 aromatic rings. The summed E-state index contributed by atoms with van der Waals surface area (Å²) < 4.78 is 6.12. The first kappa shape index (κ1) is 24.2. The summed E-state index contributed by atoms with van der Waals surface area (Å²) in [5.74, 6) is 0.638. The zero-order chi connectivity index (χ0) is 24.9. The van der Waals surface area contributed by atoms with Crippen molar-refractivity contribution in [1.29, 1.82) is 0 Å². The number of piperidine rings is 1. The van der Waals surface area contributed by atoms with Crippen LogP contribution in [0.3, 0.4) is 0 Å². The zero-order valence-corrected chi connectivity index (χ0v) is 20.2. The van der Waals surface area contributed by atoms with E-state index in [1.54, 1.807) is 23.2 Å². The molecule has 0 aliphatic carbocycles. The number of carbonyl (C=O) groups excluding carboxylic acids is 1. The average Bonchev–Trinajstić information content (AvgIpc) is 2.87. The summed E-state index contributed by atoms with van der Waals surface area (Å²) in [4.78, 5) is 30.4. The summed E-state index contributed by atoms with van der Waals surface area (Å²) in [5.41, 5.74) is 3.70. The zero-order valence-electron chi connectivity index (χ0n) is 20.2. The van der Waals surface area contributed by atoms with Crippen molar-refractivity contribution in [2.75, 3.05) is 18.4 Å². The topological polar surface area (TPSA) is 97.6 Å². The van der Waals surface area contributed by atoms with Crippen LogP contribution in [0.25, 0.3) is 0 Å². The van der Waals surface area contributed by atoms with E-state index in [2.05, 4.69) is 24.1 Å². The van der Waals surface area contributed by atoms with Gasteiger partial charge in [0.05, 0.1) is 16.7 Å². The summed E-state index contributed by atoms with van der Waals surface area (Å²) >= 11 is 0. The second-order valence-corrected chi connectivity index (χ2v) is 8.97. The number of carbonyl (C=O) groups is 1. The molecule has 1 aliphatic rings. The smallest absolute Gasteiger partial charge is 0.293 e. The van der Waals surface area contributed by atoms with Gasteiger partial charge in [-0.1, -0.05) is 12.1 Å². The molecule has 2 aromatic carbocycles. The summed E-state index contributed by atoms with van der Waals surface area (Å²) in [5, 5.41) is 14.9. The van der Waals surface area contributed by atoms with Gasteiger partial charge in [0, 0.05) is 43.8 Å². The van der Waals surface area contributed by atoms with E-state index >= 15 is 0 Å². The number of pyridine rings is 1. The van der Waals surface area contributed by atoms with Crippen LogP contribution in [-0.2, 0) is 0 Å². The van der Waals surface area contributed by atoms with E-state index < -0.39 is 4.92 Å². The average molecular weight is 475 g/mol. The second kappa shape index (κ2) is 10.5. The molecule has 1 atom stereocenters. The normalized spacial score (nSPS) is 14.9. The van der Waals surface area contributed by atoms with Crippen LogP contribution >= 0.6 is 0 Å². The first-order chi connectivity index (χ1) is 16.8. The first-order valence-corrected chi connectivity index (χ1v) is 11.8. The Bertz CT molecular complexity index is 1210. The van der Waals surface area contributed by atoms with Crippen molar-refractivity contribution >= 4 is 17.3 Å². The fourth-order valence-corrected chi connectivity index (χ4v) is 4.22. The highest BCUT2D eigenvalue weighted by molar-refractivity contribution is 5.95. The van der Waals surface area contributed by atoms with Crippen molar-refractivity contribution in [2.24, 2.45) is 0 Å². The lowest BCUT2D eigenvalue weighted by Gasteiger charge is -2.32. The van der Waals surface area contributed by atoms with Crippen molar-refractivity contribution in [3.8, 4) is 5.75 Å². The number of nitro benzene ring substituents is 1. The van der Waals surface area contributed by atoms with Crippen molar-refractivity contribution < 1.29 is 14.5 Å². The van der Waals surface area contributed by atoms with Gasteiger partial charge in [-0.25, -0.2) is 0 Å². The molecule has 8 heteroatoms. The van der Waals surface area contributed by atoms with Gasteiger partial charge < -0.3 is 15.0 Å². The lowest BCUT2D eigenvalue weighted by Crippen LogP contribution is -2.41. The molecule has 0 bridgehead atoms. The maximum absolute atomic E-state index is 13.1. The lowest BCUT2D eigenvalue weighted by molar-refractivity contribution is -0.384. The number of anilines is 1. The molecular formula is C27H30N4O4. The Balaban J connectivity index is 1.40. The Kier molecular flexibility index (Phi) is 7.29. The molecule has 1 unspecified atom stereocenters. The monoisotopic (exact) mass is 474 g/mol. The summed E-state index contributed by atoms with van der Waals surface area (Å²) in [6, 6.07) is 16.0. The van der Waals surface area contributed by atoms with Gasteiger partial charge in [-0.05, 0) is 68.3 Å². The minimum absolute atomic E-state index is 0.0372. The lowest BCUT2D eigenvalue weighted by atomic mass is 10.0. The Morgan fingerprint density at radius 1 is 1.11 bits per heavy atom. The molecule has 8 nitrogen and oxygen atoms in total. The molecule has 1 saturated heterocycles. The third kappa shape index (κ3) is 5.77. The van der Waals surface area contributed by atoms with Crippen molar-refractivity contribution in [2.45, 2.75) is 45.8 Å². The highest BCUT2D eigenvalue weighted by Crippen LogP contribution is 2.30. The summed E-state index contributed by atoms with van der Waals surface area (Å²) in [6.07, 6.45) is 3.14. The molecule has 1 fully saturated rings. The number of rotatable bonds is 7. The third-order valence-corrected chi connectivity index (χ3v) is 6.46. The number of nitrogens with one attached hydrogen (secondary N) is 1. The fraction of sp³-hybridized carbons (Fsp3) is 0.333. The van der Waals surface area contributed by atoms with Gasteiger partial charge in [0.2, 0.25) is 0 Å². The summed E-state index contributed by atoms with van der Waals surface area (Å²) in [7, 11) is 0. The Morgan fingerprint density at radius 3 is 2.54 bits per heavy atom. The molecular weight excluding hydrogens is 444 g/mol. The molecule has 0 radical (unpaired) electrons. The minimum Gasteiger partial charge on any atom is -0.490 e. The van der Waals surface area contributed by atoms with Crippen LogP contribution in [-0.4, -0.2) is 39.9 Å². The predicted octanol–water partition coefficient (Wildman–Crippen LogP) is 5.46. The third-order valence-electron chi connectivity index (χ3n) is 6.46. The van der Waals surface area contributed by atoms with Crippen LogP contribution in [0, 0.1) is 24.0 Å². The number of nitrogens with zero attached hydrogens (tertiary/aromatic N) is 3. The van der Waals surface area contributed by atoms with Crippen LogP contribution in [0.1, 0.15) is 53.0 Å². The van der Waals surface area contributed by atoms with Gasteiger partial charge in [-0.2, -0.15) is 0 Å². The number of nitro groups is 1. The molecule has 182 valence electrons. The van der Waals surface area contributed by atoms with Crippen molar-refractivity contribution in [3.63, 3.8) is 0 Å². The van der Waals surface area contributed by atoms with Crippen LogP contribution in [0.4, 0.5) is 11.4 Å². The van der Waals surface area contributed by atoms with E-state index in [0.717, 1.165) is 11.4 Å². The van der Waals surface area contributed by atoms with E-state index in [9.17, 15) is 14.9 Å². The van der Waals surface area contributed by atoms with E-state index in [1.807, 2.05) is 43.3 Å². The molecule has 0 saturated carbocycles. The molecule has 1 aliphatic heterocycles. The quantitative estimate of drug-likeness (QED) is 0.361. The van der Waals surface area contributed by atoms with Crippen LogP contribution < -0.4 is 10.1 Å². The van der Waals surface area contributed by atoms with Gasteiger partial charge in [0.1, 0.15) is 17.5 Å². The van der Waals surface area contributed by atoms with Crippen LogP contribution in [0.15, 0.2) is 60.8 Å². The van der Waals surface area contributed by atoms with Crippen LogP contribution in [0.2, 0.25) is 0 Å². The highest BCUT2D eigenvalue weighted by atomic mass is 16.6. The number of likely N-dealkylation sites (tertiary alicyclic amines) is 1. The van der Waals surface area contributed by atoms with E-state index in [4.69, 9.17) is 4.74 Å². The number of hydrogen-bond acceptors (Lipinski definition) is 6. The second-order valence-electron chi connectivity index (χ2n) is 8.97. The minimum atomic E-state index is -0.464. The first-order valence-electron chi connectivity index (χ1n) is 11.8. The molecule has 1 N–H and O–H groups in total. The van der Waals surface area contributed by atoms with E-state index in [1.165, 1.54) is 17.2 Å². The molecule has 2 heterocycles. The number of benzene rings is 2. The predicted molar refractivity (Wildman–Crippen MR) is 135 cm³/mol. The summed E-state index contributed by atoms with van der Waals surface area (Å²) in [6.45, 7) is 7.09. The molecule has 1 aromatic heterocycles. The van der Waals surface area contributed by atoms with Crippen molar-refractivity contribution in [1.82, 2.24) is 9.88 Å². The Morgan fingerprint density at radius 2 is 1.89 bits per heavy atom. The SMILES string of the molecule is Cc1ccc(OC2CCN(C(=O)c3ccc(NC(C)c4ccccn4)c([N+](=O)[O-])c3)CC2)cc1C. The molecule has 0 spiro atoms. The number of hydrogen-bond donors (Lipinski definition) is 1. The largest absolute Gasteiger partial charge is 0.490 e. The van der Waals surface area contributed by atoms with Gasteiger partial charge >= 0.3 is 0 Å². The van der Waals surface area contributed by atoms with Gasteiger partial charge in [0.25, 0.3) is 11.6 Å². The maximum atomic E-state index is 13.1. The number of ether oxygens (including phenoxy) is 1. The van der Waals surface area contributed by atoms with Gasteiger partial charge in [0.15, 0.2) is 0 Å². The van der Waals surface area contributed by atoms with Crippen molar-refractivity contribution in [3.05, 3.63) is 93.3 Å². The van der Waals surface area contributed by atoms with E-state index in [0.29, 0.717) is 37.2 Å². The van der Waals surface area contributed by atoms with Gasteiger partial charge in [-0.15, -0.1) is 0 Å². The highest BCUT2D eigenvalue weighted by Gasteiger charge is 2.27. The Labute approximate surface area is 205 Å². The number of aryl methyl sites for hydroxylation is 2. The van der Waals surface area contributed by atoms with Crippen LogP contribution in [0.5, 0.6) is 5.75 Å².